The summed E-state index contributed by atoms with van der Waals surface area (Å²) >= 11 is 0. The topological polar surface area (TPSA) is 144 Å². The van der Waals surface area contributed by atoms with E-state index in [0.717, 1.165) is 0 Å². The van der Waals surface area contributed by atoms with E-state index in [1.807, 2.05) is 0 Å². The Labute approximate surface area is 231 Å². The molecule has 1 saturated heterocycles. The van der Waals surface area contributed by atoms with E-state index in [4.69, 9.17) is 4.74 Å². The summed E-state index contributed by atoms with van der Waals surface area (Å²) in [6, 6.07) is 4.31. The number of carbonyl (C=O) groups excluding carboxylic acids is 3. The molecule has 0 spiro atoms. The number of pyridine rings is 2. The maximum absolute atomic E-state index is 15.8. The van der Waals surface area contributed by atoms with Crippen molar-refractivity contribution in [3.8, 4) is 6.07 Å². The average Bonchev–Trinajstić information content (AvgIpc) is 2.93. The van der Waals surface area contributed by atoms with Crippen LogP contribution in [0.2, 0.25) is 0 Å². The van der Waals surface area contributed by atoms with Crippen LogP contribution in [-0.2, 0) is 21.7 Å². The molecule has 2 fully saturated rings. The Kier molecular flexibility index (Phi) is 7.64. The first-order valence-electron chi connectivity index (χ1n) is 13.2. The number of nitriles is 1. The number of hydrogen-bond donors (Lipinski definition) is 2. The van der Waals surface area contributed by atoms with Gasteiger partial charge in [0.25, 0.3) is 0 Å². The molecular weight excluding hydrogens is 519 g/mol. The van der Waals surface area contributed by atoms with E-state index in [2.05, 4.69) is 31.6 Å². The second-order valence-electron chi connectivity index (χ2n) is 10.3. The van der Waals surface area contributed by atoms with Crippen LogP contribution in [0.5, 0.6) is 0 Å². The lowest BCUT2D eigenvalue weighted by Gasteiger charge is -2.52. The fourth-order valence-corrected chi connectivity index (χ4v) is 5.50. The fourth-order valence-electron chi connectivity index (χ4n) is 5.50. The van der Waals surface area contributed by atoms with Gasteiger partial charge in [-0.25, -0.2) is 19.2 Å². The van der Waals surface area contributed by atoms with Crippen LogP contribution in [0, 0.1) is 11.3 Å². The number of nitrogens with one attached hydrogen (secondary N) is 2. The minimum atomic E-state index is -1.61. The van der Waals surface area contributed by atoms with Crippen LogP contribution >= 0.6 is 0 Å². The summed E-state index contributed by atoms with van der Waals surface area (Å²) in [5.41, 5.74) is 0.225. The number of hydrogen-bond acceptors (Lipinski definition) is 9. The number of alkyl halides is 1. The molecule has 2 aromatic rings. The van der Waals surface area contributed by atoms with E-state index >= 15 is 4.39 Å². The Hall–Kier alpha value is -4.15. The highest BCUT2D eigenvalue weighted by Crippen LogP contribution is 2.55. The number of nitrogens with zero attached hydrogens (tertiary/aromatic N) is 6. The number of ether oxygens (including phenoxy) is 1. The van der Waals surface area contributed by atoms with E-state index in [1.54, 1.807) is 24.1 Å². The number of rotatable bonds is 8. The van der Waals surface area contributed by atoms with Gasteiger partial charge in [-0.1, -0.05) is 0 Å². The first kappa shape index (κ1) is 27.4. The number of amides is 3. The molecule has 2 bridgehead atoms. The minimum absolute atomic E-state index is 0.0238. The molecular formula is C27H31FN8O4. The molecule has 2 aromatic heterocycles. The lowest BCUT2D eigenvalue weighted by Crippen LogP contribution is -2.60. The number of carbonyl (C=O) groups is 3. The number of aromatic nitrogens is 2. The second kappa shape index (κ2) is 11.1. The smallest absolute Gasteiger partial charge is 0.328 e. The quantitative estimate of drug-likeness (QED) is 0.374. The fraction of sp³-hybridized carbons (Fsp3) is 0.481. The second-order valence-corrected chi connectivity index (χ2v) is 10.3. The van der Waals surface area contributed by atoms with Crippen LogP contribution in [0.3, 0.4) is 0 Å². The van der Waals surface area contributed by atoms with Gasteiger partial charge in [-0.05, 0) is 11.6 Å². The number of piperazine rings is 1. The van der Waals surface area contributed by atoms with Crippen molar-refractivity contribution >= 4 is 35.5 Å². The lowest BCUT2D eigenvalue weighted by atomic mass is 9.68. The van der Waals surface area contributed by atoms with Crippen LogP contribution in [0.4, 0.5) is 26.5 Å². The zero-order valence-electron chi connectivity index (χ0n) is 22.4. The van der Waals surface area contributed by atoms with E-state index < -0.39 is 17.7 Å². The Balaban J connectivity index is 1.38. The molecule has 5 heterocycles. The van der Waals surface area contributed by atoms with Gasteiger partial charge in [-0.3, -0.25) is 24.7 Å². The first-order chi connectivity index (χ1) is 19.3. The standard InChI is InChI=1S/C27H31FN8O4/c1-17(38)35-6-4-34(5-7-35)15-18-9-21-25(32-23(18)16-37)36(20-11-27(21,28)12-20)26(39)33-24-10-22(30-3-8-40-2)19(13-29)14-31-24/h9-10,14,16,20H,3-8,11-12,15H2,1-2H3,(H2,30,31,33,39). The SMILES string of the molecule is COCCNc1cc(NC(=O)N2c3nc(C=O)c(CN4CCN(C(C)=O)CC4)cc3C3(F)CC2C3)ncc1C#N. The molecule has 210 valence electrons. The Bertz CT molecular complexity index is 1370. The Morgan fingerprint density at radius 1 is 1.27 bits per heavy atom. The molecule has 3 aliphatic heterocycles. The van der Waals surface area contributed by atoms with Crippen LogP contribution in [0.1, 0.15) is 46.9 Å². The molecule has 3 amide bonds. The van der Waals surface area contributed by atoms with Crippen molar-refractivity contribution in [2.24, 2.45) is 0 Å². The van der Waals surface area contributed by atoms with E-state index in [-0.39, 0.29) is 36.1 Å². The minimum Gasteiger partial charge on any atom is -0.383 e. The summed E-state index contributed by atoms with van der Waals surface area (Å²) in [4.78, 5) is 51.1. The maximum atomic E-state index is 15.8. The Morgan fingerprint density at radius 3 is 2.67 bits per heavy atom. The normalized spacial score (nSPS) is 21.6. The first-order valence-corrected chi connectivity index (χ1v) is 13.2. The highest BCUT2D eigenvalue weighted by molar-refractivity contribution is 6.03. The molecule has 0 radical (unpaired) electrons. The molecule has 2 N–H and O–H groups in total. The zero-order chi connectivity index (χ0) is 28.4. The van der Waals surface area contributed by atoms with Crippen LogP contribution in [-0.4, -0.2) is 90.5 Å². The third kappa shape index (κ3) is 5.20. The largest absolute Gasteiger partial charge is 0.383 e. The van der Waals surface area contributed by atoms with Crippen molar-refractivity contribution in [3.05, 3.63) is 40.7 Å². The van der Waals surface area contributed by atoms with Crippen LogP contribution < -0.4 is 15.5 Å². The van der Waals surface area contributed by atoms with Crippen molar-refractivity contribution in [1.29, 1.82) is 5.26 Å². The summed E-state index contributed by atoms with van der Waals surface area (Å²) < 4.78 is 20.8. The lowest BCUT2D eigenvalue weighted by molar-refractivity contribution is -0.130. The number of urea groups is 1. The van der Waals surface area contributed by atoms with Crippen LogP contribution in [0.15, 0.2) is 18.3 Å². The predicted molar refractivity (Wildman–Crippen MR) is 144 cm³/mol. The van der Waals surface area contributed by atoms with Crippen molar-refractivity contribution in [2.45, 2.75) is 38.0 Å². The summed E-state index contributed by atoms with van der Waals surface area (Å²) in [6.07, 6.45) is 2.26. The number of anilines is 3. The van der Waals surface area contributed by atoms with E-state index in [1.165, 1.54) is 18.0 Å². The number of halogens is 1. The molecule has 12 nitrogen and oxygen atoms in total. The van der Waals surface area contributed by atoms with Crippen molar-refractivity contribution < 1.29 is 23.5 Å². The monoisotopic (exact) mass is 550 g/mol. The highest BCUT2D eigenvalue weighted by atomic mass is 19.1. The van der Waals surface area contributed by atoms with Gasteiger partial charge < -0.3 is 15.0 Å². The Morgan fingerprint density at radius 2 is 2.02 bits per heavy atom. The maximum Gasteiger partial charge on any atom is 0.328 e. The third-order valence-corrected chi connectivity index (χ3v) is 7.73. The molecule has 4 aliphatic rings. The molecule has 40 heavy (non-hydrogen) atoms. The van der Waals surface area contributed by atoms with Gasteiger partial charge in [0.05, 0.1) is 17.9 Å². The molecule has 6 rings (SSSR count). The number of aldehydes is 1. The molecule has 0 atom stereocenters. The molecule has 0 unspecified atom stereocenters. The number of methoxy groups -OCH3 is 1. The van der Waals surface area contributed by atoms with Gasteiger partial charge in [0.2, 0.25) is 5.91 Å². The zero-order valence-corrected chi connectivity index (χ0v) is 22.4. The predicted octanol–water partition coefficient (Wildman–Crippen LogP) is 2.26. The van der Waals surface area contributed by atoms with Gasteiger partial charge in [0.15, 0.2) is 6.29 Å². The van der Waals surface area contributed by atoms with Gasteiger partial charge in [0, 0.05) is 90.0 Å². The van der Waals surface area contributed by atoms with Crippen molar-refractivity contribution in [3.63, 3.8) is 0 Å². The highest BCUT2D eigenvalue weighted by Gasteiger charge is 2.57. The van der Waals surface area contributed by atoms with E-state index in [9.17, 15) is 19.6 Å². The van der Waals surface area contributed by atoms with E-state index in [0.29, 0.717) is 74.5 Å². The molecule has 1 saturated carbocycles. The van der Waals surface area contributed by atoms with Crippen LogP contribution in [0.25, 0.3) is 0 Å². The summed E-state index contributed by atoms with van der Waals surface area (Å²) in [5, 5.41) is 15.2. The van der Waals surface area contributed by atoms with Crippen molar-refractivity contribution in [1.82, 2.24) is 19.8 Å². The third-order valence-electron chi connectivity index (χ3n) is 7.73. The summed E-state index contributed by atoms with van der Waals surface area (Å²) in [5.74, 6) is 0.358. The summed E-state index contributed by atoms with van der Waals surface area (Å²) in [7, 11) is 1.57. The van der Waals surface area contributed by atoms with Crippen molar-refractivity contribution in [2.75, 3.05) is 62.0 Å². The molecule has 0 aromatic carbocycles. The van der Waals surface area contributed by atoms with Gasteiger partial charge in [-0.2, -0.15) is 5.26 Å². The average molecular weight is 551 g/mol. The molecule has 1 aliphatic carbocycles. The summed E-state index contributed by atoms with van der Waals surface area (Å²) in [6.45, 7) is 5.24. The van der Waals surface area contributed by atoms with Gasteiger partial charge in [-0.15, -0.1) is 0 Å². The van der Waals surface area contributed by atoms with Gasteiger partial charge >= 0.3 is 6.03 Å². The molecule has 13 heteroatoms. The van der Waals surface area contributed by atoms with Gasteiger partial charge in [0.1, 0.15) is 29.1 Å².